The molecular formula is C17H21BrN4OS. The molecule has 1 aliphatic heterocycles. The first-order chi connectivity index (χ1) is 11.6. The van der Waals surface area contributed by atoms with Crippen LogP contribution in [0, 0.1) is 0 Å². The molecule has 7 heteroatoms. The molecule has 0 atom stereocenters. The molecule has 1 aromatic heterocycles. The fourth-order valence-electron chi connectivity index (χ4n) is 2.74. The monoisotopic (exact) mass is 408 g/mol. The third-order valence-corrected chi connectivity index (χ3v) is 5.62. The van der Waals surface area contributed by atoms with E-state index >= 15 is 0 Å². The first-order valence-electron chi connectivity index (χ1n) is 8.01. The van der Waals surface area contributed by atoms with E-state index in [1.54, 1.807) is 18.3 Å². The molecule has 0 unspecified atom stereocenters. The summed E-state index contributed by atoms with van der Waals surface area (Å²) in [4.78, 5) is 20.2. The molecule has 2 aromatic rings. The van der Waals surface area contributed by atoms with Gasteiger partial charge in [-0.05, 0) is 27.1 Å². The highest BCUT2D eigenvalue weighted by Crippen LogP contribution is 2.27. The second kappa shape index (κ2) is 8.09. The first kappa shape index (κ1) is 17.4. The molecule has 5 nitrogen and oxygen atoms in total. The number of nitrogens with zero attached hydrogens (tertiary/aromatic N) is 3. The summed E-state index contributed by atoms with van der Waals surface area (Å²) in [5, 5.41) is 3.92. The normalized spacial score (nSPS) is 15.5. The summed E-state index contributed by atoms with van der Waals surface area (Å²) in [6.07, 6.45) is 1.87. The topological polar surface area (TPSA) is 48.5 Å². The van der Waals surface area contributed by atoms with Crippen molar-refractivity contribution >= 4 is 38.3 Å². The van der Waals surface area contributed by atoms with Gasteiger partial charge in [0.25, 0.3) is 0 Å². The van der Waals surface area contributed by atoms with Gasteiger partial charge in [-0.25, -0.2) is 4.98 Å². The van der Waals surface area contributed by atoms with Gasteiger partial charge in [-0.3, -0.25) is 9.69 Å². The number of carbonyl (C=O) groups is 1. The molecule has 0 aliphatic carbocycles. The molecule has 1 aliphatic rings. The number of piperazine rings is 1. The van der Waals surface area contributed by atoms with Crippen molar-refractivity contribution in [1.29, 1.82) is 0 Å². The molecular weight excluding hydrogens is 388 g/mol. The Hall–Kier alpha value is -1.44. The van der Waals surface area contributed by atoms with E-state index in [2.05, 4.69) is 60.3 Å². The average Bonchev–Trinajstić information content (AvgIpc) is 3.01. The predicted octanol–water partition coefficient (Wildman–Crippen LogP) is 2.86. The minimum Gasteiger partial charge on any atom is -0.352 e. The molecule has 0 spiro atoms. The number of aromatic nitrogens is 1. The van der Waals surface area contributed by atoms with Gasteiger partial charge in [0.05, 0.1) is 9.98 Å². The molecule has 1 saturated heterocycles. The summed E-state index contributed by atoms with van der Waals surface area (Å²) in [6.45, 7) is 7.22. The number of nitrogens with one attached hydrogen (secondary N) is 1. The van der Waals surface area contributed by atoms with Gasteiger partial charge in [0.2, 0.25) is 5.91 Å². The summed E-state index contributed by atoms with van der Waals surface area (Å²) in [6, 6.07) is 8.49. The van der Waals surface area contributed by atoms with Gasteiger partial charge in [-0.15, -0.1) is 0 Å². The van der Waals surface area contributed by atoms with Crippen LogP contribution in [0.4, 0.5) is 5.13 Å². The van der Waals surface area contributed by atoms with E-state index in [9.17, 15) is 4.79 Å². The Morgan fingerprint density at radius 3 is 2.46 bits per heavy atom. The Labute approximate surface area is 154 Å². The minimum atomic E-state index is 0.00390. The Morgan fingerprint density at radius 2 is 1.88 bits per heavy atom. The quantitative estimate of drug-likeness (QED) is 0.825. The molecule has 3 rings (SSSR count). The van der Waals surface area contributed by atoms with Crippen molar-refractivity contribution in [1.82, 2.24) is 15.2 Å². The molecule has 1 fully saturated rings. The van der Waals surface area contributed by atoms with Gasteiger partial charge in [0.15, 0.2) is 5.13 Å². The lowest BCUT2D eigenvalue weighted by atomic mass is 10.1. The van der Waals surface area contributed by atoms with Crippen molar-refractivity contribution in [2.45, 2.75) is 20.0 Å². The lowest BCUT2D eigenvalue weighted by Gasteiger charge is -2.34. The van der Waals surface area contributed by atoms with E-state index in [0.29, 0.717) is 6.54 Å². The number of halogens is 1. The molecule has 1 N–H and O–H groups in total. The van der Waals surface area contributed by atoms with Crippen molar-refractivity contribution in [3.63, 3.8) is 0 Å². The van der Waals surface area contributed by atoms with Crippen LogP contribution in [0.5, 0.6) is 0 Å². The Balaban J connectivity index is 1.48. The van der Waals surface area contributed by atoms with Crippen LogP contribution >= 0.6 is 27.3 Å². The third-order valence-electron chi connectivity index (χ3n) is 4.08. The summed E-state index contributed by atoms with van der Waals surface area (Å²) in [7, 11) is 0. The van der Waals surface area contributed by atoms with Crippen LogP contribution in [0.2, 0.25) is 0 Å². The van der Waals surface area contributed by atoms with Gasteiger partial charge in [-0.1, -0.05) is 35.6 Å². The largest absolute Gasteiger partial charge is 0.352 e. The van der Waals surface area contributed by atoms with Crippen LogP contribution in [-0.2, 0) is 17.9 Å². The first-order valence-corrected chi connectivity index (χ1v) is 9.62. The number of rotatable bonds is 5. The van der Waals surface area contributed by atoms with Crippen LogP contribution < -0.4 is 10.2 Å². The van der Waals surface area contributed by atoms with Crippen molar-refractivity contribution in [3.8, 4) is 0 Å². The number of thiazole rings is 1. The predicted molar refractivity (Wildman–Crippen MR) is 101 cm³/mol. The number of carbonyl (C=O) groups excluding carboxylic acids is 1. The number of benzene rings is 1. The molecule has 1 aromatic carbocycles. The number of amides is 1. The average molecular weight is 409 g/mol. The maximum Gasteiger partial charge on any atom is 0.217 e. The molecule has 0 radical (unpaired) electrons. The summed E-state index contributed by atoms with van der Waals surface area (Å²) in [5.41, 5.74) is 2.44. The fraction of sp³-hybridized carbons (Fsp3) is 0.412. The van der Waals surface area contributed by atoms with Gasteiger partial charge < -0.3 is 10.2 Å². The van der Waals surface area contributed by atoms with E-state index in [0.717, 1.165) is 47.2 Å². The molecule has 2 heterocycles. The smallest absolute Gasteiger partial charge is 0.217 e. The lowest BCUT2D eigenvalue weighted by Crippen LogP contribution is -2.45. The maximum absolute atomic E-state index is 10.9. The number of hydrogen-bond donors (Lipinski definition) is 1. The number of hydrogen-bond acceptors (Lipinski definition) is 5. The summed E-state index contributed by atoms with van der Waals surface area (Å²) in [5.74, 6) is 0.00390. The van der Waals surface area contributed by atoms with Gasteiger partial charge in [0, 0.05) is 46.2 Å². The Morgan fingerprint density at radius 1 is 1.21 bits per heavy atom. The molecule has 0 saturated carbocycles. The SMILES string of the molecule is CC(=O)NCc1ccc(CN2CCN(c3ncc(Br)s3)CC2)cc1. The van der Waals surface area contributed by atoms with Crippen molar-refractivity contribution in [2.75, 3.05) is 31.1 Å². The highest BCUT2D eigenvalue weighted by molar-refractivity contribution is 9.11. The fourth-order valence-corrected chi connectivity index (χ4v) is 3.97. The summed E-state index contributed by atoms with van der Waals surface area (Å²) >= 11 is 5.17. The molecule has 128 valence electrons. The van der Waals surface area contributed by atoms with E-state index in [1.165, 1.54) is 5.56 Å². The highest BCUT2D eigenvalue weighted by atomic mass is 79.9. The minimum absolute atomic E-state index is 0.00390. The zero-order valence-electron chi connectivity index (χ0n) is 13.7. The van der Waals surface area contributed by atoms with Crippen molar-refractivity contribution in [3.05, 3.63) is 45.4 Å². The van der Waals surface area contributed by atoms with Gasteiger partial charge in [-0.2, -0.15) is 0 Å². The van der Waals surface area contributed by atoms with Gasteiger partial charge in [0.1, 0.15) is 0 Å². The molecule has 1 amide bonds. The van der Waals surface area contributed by atoms with Crippen LogP contribution in [0.3, 0.4) is 0 Å². The molecule has 0 bridgehead atoms. The van der Waals surface area contributed by atoms with E-state index < -0.39 is 0 Å². The standard InChI is InChI=1S/C17H21BrN4OS/c1-13(23)19-10-14-2-4-15(5-3-14)12-21-6-8-22(9-7-21)17-20-11-16(18)24-17/h2-5,11H,6-10,12H2,1H3,(H,19,23). The summed E-state index contributed by atoms with van der Waals surface area (Å²) < 4.78 is 1.08. The zero-order valence-corrected chi connectivity index (χ0v) is 16.1. The maximum atomic E-state index is 10.9. The van der Waals surface area contributed by atoms with E-state index in [1.807, 2.05) is 6.20 Å². The van der Waals surface area contributed by atoms with E-state index in [-0.39, 0.29) is 5.91 Å². The second-order valence-corrected chi connectivity index (χ2v) is 8.32. The number of anilines is 1. The Kier molecular flexibility index (Phi) is 5.86. The van der Waals surface area contributed by atoms with Crippen molar-refractivity contribution in [2.24, 2.45) is 0 Å². The van der Waals surface area contributed by atoms with Crippen LogP contribution in [0.25, 0.3) is 0 Å². The van der Waals surface area contributed by atoms with E-state index in [4.69, 9.17) is 0 Å². The Bertz CT molecular complexity index is 680. The van der Waals surface area contributed by atoms with Crippen molar-refractivity contribution < 1.29 is 4.79 Å². The van der Waals surface area contributed by atoms with Crippen LogP contribution in [0.1, 0.15) is 18.1 Å². The third kappa shape index (κ3) is 4.78. The lowest BCUT2D eigenvalue weighted by molar-refractivity contribution is -0.119. The highest BCUT2D eigenvalue weighted by Gasteiger charge is 2.19. The zero-order chi connectivity index (χ0) is 16.9. The molecule has 24 heavy (non-hydrogen) atoms. The second-order valence-electron chi connectivity index (χ2n) is 5.94. The van der Waals surface area contributed by atoms with Crippen LogP contribution in [-0.4, -0.2) is 42.0 Å². The van der Waals surface area contributed by atoms with Gasteiger partial charge >= 0.3 is 0 Å². The van der Waals surface area contributed by atoms with Crippen LogP contribution in [0.15, 0.2) is 34.2 Å².